The van der Waals surface area contributed by atoms with Gasteiger partial charge in [0.25, 0.3) is 0 Å². The molecule has 3 heterocycles. The van der Waals surface area contributed by atoms with Crippen LogP contribution < -0.4 is 4.90 Å². The van der Waals surface area contributed by atoms with Gasteiger partial charge in [-0.25, -0.2) is 4.79 Å². The van der Waals surface area contributed by atoms with E-state index in [0.29, 0.717) is 11.2 Å². The number of ether oxygens (including phenoxy) is 1. The number of hydrogen-bond acceptors (Lipinski definition) is 5. The van der Waals surface area contributed by atoms with Crippen LogP contribution in [0.4, 0.5) is 10.6 Å². The van der Waals surface area contributed by atoms with E-state index in [9.17, 15) is 4.79 Å². The molecule has 6 nitrogen and oxygen atoms in total. The van der Waals surface area contributed by atoms with Gasteiger partial charge in [0.1, 0.15) is 5.60 Å². The first-order valence-electron chi connectivity index (χ1n) is 8.48. The first-order chi connectivity index (χ1) is 11.2. The number of anilines is 1. The lowest BCUT2D eigenvalue weighted by Gasteiger charge is -2.42. The van der Waals surface area contributed by atoms with Crippen LogP contribution in [0.5, 0.6) is 0 Å². The van der Waals surface area contributed by atoms with E-state index in [1.54, 1.807) is 6.07 Å². The summed E-state index contributed by atoms with van der Waals surface area (Å²) in [6, 6.07) is 4.47. The first kappa shape index (κ1) is 17.3. The number of nitrogens with zero attached hydrogens (tertiary/aromatic N) is 4. The van der Waals surface area contributed by atoms with Gasteiger partial charge in [-0.3, -0.25) is 0 Å². The van der Waals surface area contributed by atoms with Gasteiger partial charge in [-0.1, -0.05) is 11.6 Å². The zero-order valence-corrected chi connectivity index (χ0v) is 15.5. The number of aromatic nitrogens is 2. The summed E-state index contributed by atoms with van der Waals surface area (Å²) >= 11 is 5.81. The van der Waals surface area contributed by atoms with Gasteiger partial charge in [0.2, 0.25) is 0 Å². The average Bonchev–Trinajstić information content (AvgIpc) is 2.76. The molecular weight excluding hydrogens is 328 g/mol. The highest BCUT2D eigenvalue weighted by Crippen LogP contribution is 2.39. The lowest BCUT2D eigenvalue weighted by molar-refractivity contribution is 0.00597. The molecule has 3 rings (SSSR count). The highest BCUT2D eigenvalue weighted by atomic mass is 35.5. The van der Waals surface area contributed by atoms with Gasteiger partial charge >= 0.3 is 6.09 Å². The maximum atomic E-state index is 12.5. The predicted molar refractivity (Wildman–Crippen MR) is 93.4 cm³/mol. The Balaban J connectivity index is 1.68. The summed E-state index contributed by atoms with van der Waals surface area (Å²) in [5, 5.41) is 8.48. The van der Waals surface area contributed by atoms with Crippen LogP contribution in [0.15, 0.2) is 12.1 Å². The second-order valence-electron chi connectivity index (χ2n) is 7.72. The molecule has 1 unspecified atom stereocenters. The molecule has 0 saturated carbocycles. The Labute approximate surface area is 148 Å². The van der Waals surface area contributed by atoms with E-state index in [1.807, 2.05) is 38.8 Å². The zero-order valence-electron chi connectivity index (χ0n) is 14.7. The highest BCUT2D eigenvalue weighted by molar-refractivity contribution is 6.29. The molecule has 0 radical (unpaired) electrons. The fourth-order valence-corrected chi connectivity index (χ4v) is 3.86. The smallest absolute Gasteiger partial charge is 0.410 e. The van der Waals surface area contributed by atoms with Crippen molar-refractivity contribution >= 4 is 23.5 Å². The van der Waals surface area contributed by atoms with Crippen molar-refractivity contribution in [3.05, 3.63) is 17.3 Å². The molecule has 2 aliphatic rings. The van der Waals surface area contributed by atoms with Crippen LogP contribution in [0.3, 0.4) is 0 Å². The molecule has 7 heteroatoms. The first-order valence-corrected chi connectivity index (χ1v) is 8.86. The van der Waals surface area contributed by atoms with E-state index in [0.717, 1.165) is 31.5 Å². The fraction of sp³-hybridized carbons (Fsp3) is 0.706. The van der Waals surface area contributed by atoms with Gasteiger partial charge in [0.05, 0.1) is 0 Å². The number of fused-ring (bicyclic) bond motifs is 2. The van der Waals surface area contributed by atoms with Crippen molar-refractivity contribution in [2.45, 2.75) is 70.2 Å². The van der Waals surface area contributed by atoms with E-state index >= 15 is 0 Å². The number of amides is 1. The minimum absolute atomic E-state index is 0.178. The standard InChI is InChI=1S/C17H25ClN4O2/c1-17(2,3)24-16(23)22-11-5-6-12(22)10-13(9-11)21(4)15-8-7-14(18)19-20-15/h7-8,11-13H,5-6,9-10H2,1-4H3/t11-,12+,13?. The Kier molecular flexibility index (Phi) is 4.60. The van der Waals surface area contributed by atoms with E-state index in [-0.39, 0.29) is 18.2 Å². The average molecular weight is 353 g/mol. The van der Waals surface area contributed by atoms with E-state index in [1.165, 1.54) is 0 Å². The molecule has 2 aliphatic heterocycles. The molecule has 0 spiro atoms. The number of carbonyl (C=O) groups excluding carboxylic acids is 1. The molecule has 2 saturated heterocycles. The molecule has 1 amide bonds. The second-order valence-corrected chi connectivity index (χ2v) is 8.11. The lowest BCUT2D eigenvalue weighted by atomic mass is 9.96. The Hall–Kier alpha value is -1.56. The zero-order chi connectivity index (χ0) is 17.5. The topological polar surface area (TPSA) is 58.6 Å². The number of halogens is 1. The molecule has 132 valence electrons. The van der Waals surface area contributed by atoms with Crippen molar-refractivity contribution < 1.29 is 9.53 Å². The molecule has 2 fully saturated rings. The van der Waals surface area contributed by atoms with Crippen molar-refractivity contribution in [2.24, 2.45) is 0 Å². The van der Waals surface area contributed by atoms with Crippen LogP contribution in [0, 0.1) is 0 Å². The Bertz CT molecular complexity index is 588. The minimum Gasteiger partial charge on any atom is -0.444 e. The number of carbonyl (C=O) groups is 1. The maximum absolute atomic E-state index is 12.5. The third-order valence-electron chi connectivity index (χ3n) is 4.84. The van der Waals surface area contributed by atoms with E-state index in [2.05, 4.69) is 15.1 Å². The van der Waals surface area contributed by atoms with Gasteiger partial charge in [0.15, 0.2) is 11.0 Å². The van der Waals surface area contributed by atoms with Crippen LogP contribution in [0.1, 0.15) is 46.5 Å². The largest absolute Gasteiger partial charge is 0.444 e. The SMILES string of the molecule is CN(c1ccc(Cl)nn1)C1C[C@H]2CC[C@@H](C1)N2C(=O)OC(C)(C)C. The monoisotopic (exact) mass is 352 g/mol. The van der Waals surface area contributed by atoms with Crippen LogP contribution in [-0.2, 0) is 4.74 Å². The van der Waals surface area contributed by atoms with Crippen molar-refractivity contribution in [3.63, 3.8) is 0 Å². The van der Waals surface area contributed by atoms with Crippen LogP contribution in [0.25, 0.3) is 0 Å². The number of piperidine rings is 1. The summed E-state index contributed by atoms with van der Waals surface area (Å²) in [6.07, 6.45) is 3.76. The molecule has 0 N–H and O–H groups in total. The molecule has 3 atom stereocenters. The van der Waals surface area contributed by atoms with Crippen LogP contribution in [0.2, 0.25) is 5.15 Å². The van der Waals surface area contributed by atoms with Gasteiger partial charge in [-0.15, -0.1) is 10.2 Å². The number of hydrogen-bond donors (Lipinski definition) is 0. The third kappa shape index (κ3) is 3.58. The fourth-order valence-electron chi connectivity index (χ4n) is 3.76. The van der Waals surface area contributed by atoms with Crippen molar-refractivity contribution in [2.75, 3.05) is 11.9 Å². The molecule has 0 aliphatic carbocycles. The normalized spacial score (nSPS) is 26.4. The molecule has 1 aromatic heterocycles. The molecular formula is C17H25ClN4O2. The Morgan fingerprint density at radius 2 is 1.88 bits per heavy atom. The van der Waals surface area contributed by atoms with Gasteiger partial charge < -0.3 is 14.5 Å². The predicted octanol–water partition coefficient (Wildman–Crippen LogP) is 3.50. The maximum Gasteiger partial charge on any atom is 0.410 e. The van der Waals surface area contributed by atoms with Gasteiger partial charge in [-0.05, 0) is 58.6 Å². The lowest BCUT2D eigenvalue weighted by Crippen LogP contribution is -2.53. The van der Waals surface area contributed by atoms with Gasteiger partial charge in [0, 0.05) is 25.2 Å². The van der Waals surface area contributed by atoms with Crippen molar-refractivity contribution in [3.8, 4) is 0 Å². The summed E-state index contributed by atoms with van der Waals surface area (Å²) in [5.41, 5.74) is -0.455. The molecule has 0 aromatic carbocycles. The van der Waals surface area contributed by atoms with Crippen molar-refractivity contribution in [1.29, 1.82) is 0 Å². The van der Waals surface area contributed by atoms with Gasteiger partial charge in [-0.2, -0.15) is 0 Å². The third-order valence-corrected chi connectivity index (χ3v) is 5.04. The molecule has 24 heavy (non-hydrogen) atoms. The van der Waals surface area contributed by atoms with E-state index in [4.69, 9.17) is 16.3 Å². The van der Waals surface area contributed by atoms with Crippen LogP contribution in [-0.4, -0.2) is 52.0 Å². The summed E-state index contributed by atoms with van der Waals surface area (Å²) in [4.78, 5) is 16.6. The summed E-state index contributed by atoms with van der Waals surface area (Å²) in [6.45, 7) is 5.73. The molecule has 2 bridgehead atoms. The summed E-state index contributed by atoms with van der Waals surface area (Å²) in [7, 11) is 2.03. The van der Waals surface area contributed by atoms with E-state index < -0.39 is 5.60 Å². The minimum atomic E-state index is -0.455. The van der Waals surface area contributed by atoms with Crippen LogP contribution >= 0.6 is 11.6 Å². The van der Waals surface area contributed by atoms with Crippen molar-refractivity contribution in [1.82, 2.24) is 15.1 Å². The molecule has 1 aromatic rings. The highest BCUT2D eigenvalue weighted by Gasteiger charge is 2.45. The summed E-state index contributed by atoms with van der Waals surface area (Å²) in [5.74, 6) is 0.814. The quantitative estimate of drug-likeness (QED) is 0.815. The Morgan fingerprint density at radius 1 is 1.25 bits per heavy atom. The summed E-state index contributed by atoms with van der Waals surface area (Å²) < 4.78 is 5.59. The second kappa shape index (κ2) is 6.39. The number of rotatable bonds is 2. The Morgan fingerprint density at radius 3 is 2.38 bits per heavy atom.